The van der Waals surface area contributed by atoms with E-state index >= 15 is 0 Å². The molecule has 2 aromatic carbocycles. The van der Waals surface area contributed by atoms with Crippen LogP contribution in [0.5, 0.6) is 5.75 Å². The van der Waals surface area contributed by atoms with E-state index in [9.17, 15) is 0 Å². The molecule has 76 valence electrons. The quantitative estimate of drug-likeness (QED) is 0.791. The molecule has 0 aromatic heterocycles. The van der Waals surface area contributed by atoms with Crippen LogP contribution in [0.1, 0.15) is 0 Å². The summed E-state index contributed by atoms with van der Waals surface area (Å²) in [4.78, 5) is 0. The summed E-state index contributed by atoms with van der Waals surface area (Å²) in [6.07, 6.45) is 0. The molecule has 0 N–H and O–H groups in total. The third kappa shape index (κ3) is 2.05. The summed E-state index contributed by atoms with van der Waals surface area (Å²) in [5, 5.41) is 0. The predicted octanol–water partition coefficient (Wildman–Crippen LogP) is 4.12. The number of hydrogen-bond acceptors (Lipinski definition) is 1. The van der Waals surface area contributed by atoms with E-state index in [0.29, 0.717) is 0 Å². The van der Waals surface area contributed by atoms with Gasteiger partial charge in [0, 0.05) is 10.0 Å². The summed E-state index contributed by atoms with van der Waals surface area (Å²) in [6.45, 7) is 0. The van der Waals surface area contributed by atoms with E-state index in [0.717, 1.165) is 21.3 Å². The summed E-state index contributed by atoms with van der Waals surface area (Å²) in [5.41, 5.74) is 2.25. The van der Waals surface area contributed by atoms with Crippen LogP contribution in [-0.4, -0.2) is 7.11 Å². The van der Waals surface area contributed by atoms with Gasteiger partial charge in [-0.05, 0) is 17.7 Å². The Morgan fingerprint density at radius 3 is 2.33 bits per heavy atom. The lowest BCUT2D eigenvalue weighted by Crippen LogP contribution is -1.88. The third-order valence-corrected chi connectivity index (χ3v) is 2.92. The summed E-state index contributed by atoms with van der Waals surface area (Å²) in [5.74, 6) is 0.885. The van der Waals surface area contributed by atoms with Crippen molar-refractivity contribution in [1.29, 1.82) is 0 Å². The highest BCUT2D eigenvalue weighted by Crippen LogP contribution is 2.36. The van der Waals surface area contributed by atoms with E-state index in [1.165, 1.54) is 0 Å². The Labute approximate surface area is 97.8 Å². The lowest BCUT2D eigenvalue weighted by molar-refractivity contribution is 0.416. The molecular formula is C13H11BrO. The first-order valence-electron chi connectivity index (χ1n) is 4.71. The van der Waals surface area contributed by atoms with Crippen molar-refractivity contribution in [2.75, 3.05) is 7.11 Å². The van der Waals surface area contributed by atoms with Crippen molar-refractivity contribution < 1.29 is 4.74 Å². The predicted molar refractivity (Wildman–Crippen MR) is 66.1 cm³/mol. The first kappa shape index (κ1) is 10.2. The number of halogens is 1. The van der Waals surface area contributed by atoms with Gasteiger partial charge in [0.1, 0.15) is 5.75 Å². The number of methoxy groups -OCH3 is 1. The van der Waals surface area contributed by atoms with Gasteiger partial charge in [-0.2, -0.15) is 0 Å². The summed E-state index contributed by atoms with van der Waals surface area (Å²) in [6, 6.07) is 16.1. The second-order valence-electron chi connectivity index (χ2n) is 3.18. The maximum absolute atomic E-state index is 5.35. The lowest BCUT2D eigenvalue weighted by Gasteiger charge is -2.10. The van der Waals surface area contributed by atoms with Gasteiger partial charge in [-0.1, -0.05) is 52.3 Å². The Kier molecular flexibility index (Phi) is 3.07. The highest BCUT2D eigenvalue weighted by atomic mass is 79.9. The average molecular weight is 263 g/mol. The number of benzene rings is 2. The van der Waals surface area contributed by atoms with Gasteiger partial charge in [-0.15, -0.1) is 0 Å². The molecule has 0 aliphatic rings. The standard InChI is InChI=1S/C13H11BrO/c1-15-12-9-5-8-11(14)13(12)10-6-3-2-4-7-10/h2-9H,1H3. The fourth-order valence-electron chi connectivity index (χ4n) is 1.56. The highest BCUT2D eigenvalue weighted by Gasteiger charge is 2.08. The molecule has 0 aliphatic heterocycles. The fourth-order valence-corrected chi connectivity index (χ4v) is 2.14. The molecule has 2 aromatic rings. The van der Waals surface area contributed by atoms with Crippen LogP contribution in [0.2, 0.25) is 0 Å². The van der Waals surface area contributed by atoms with Crippen LogP contribution in [0.3, 0.4) is 0 Å². The largest absolute Gasteiger partial charge is 0.496 e. The van der Waals surface area contributed by atoms with Crippen LogP contribution < -0.4 is 4.74 Å². The van der Waals surface area contributed by atoms with Crippen molar-refractivity contribution in [1.82, 2.24) is 0 Å². The SMILES string of the molecule is COc1cccc(Br)c1-c1ccccc1. The molecule has 0 unspecified atom stereocenters. The zero-order chi connectivity index (χ0) is 10.7. The molecule has 2 heteroatoms. The summed E-state index contributed by atoms with van der Waals surface area (Å²) in [7, 11) is 1.69. The minimum atomic E-state index is 0.885. The van der Waals surface area contributed by atoms with Crippen LogP contribution in [0.15, 0.2) is 53.0 Å². The van der Waals surface area contributed by atoms with Crippen LogP contribution in [0.4, 0.5) is 0 Å². The first-order chi connectivity index (χ1) is 7.33. The van der Waals surface area contributed by atoms with Gasteiger partial charge in [0.25, 0.3) is 0 Å². The monoisotopic (exact) mass is 262 g/mol. The highest BCUT2D eigenvalue weighted by molar-refractivity contribution is 9.10. The van der Waals surface area contributed by atoms with Gasteiger partial charge in [0.15, 0.2) is 0 Å². The first-order valence-corrected chi connectivity index (χ1v) is 5.50. The molecule has 15 heavy (non-hydrogen) atoms. The zero-order valence-corrected chi connectivity index (χ0v) is 9.99. The summed E-state index contributed by atoms with van der Waals surface area (Å²) >= 11 is 3.54. The van der Waals surface area contributed by atoms with Crippen molar-refractivity contribution >= 4 is 15.9 Å². The topological polar surface area (TPSA) is 9.23 Å². The maximum Gasteiger partial charge on any atom is 0.127 e. The number of hydrogen-bond donors (Lipinski definition) is 0. The molecule has 0 spiro atoms. The smallest absolute Gasteiger partial charge is 0.127 e. The van der Waals surface area contributed by atoms with Crippen molar-refractivity contribution in [2.24, 2.45) is 0 Å². The van der Waals surface area contributed by atoms with Crippen molar-refractivity contribution in [3.63, 3.8) is 0 Å². The molecule has 0 heterocycles. The molecular weight excluding hydrogens is 252 g/mol. The van der Waals surface area contributed by atoms with E-state index in [4.69, 9.17) is 4.74 Å². The van der Waals surface area contributed by atoms with Gasteiger partial charge in [-0.25, -0.2) is 0 Å². The lowest BCUT2D eigenvalue weighted by atomic mass is 10.1. The van der Waals surface area contributed by atoms with E-state index < -0.39 is 0 Å². The fraction of sp³-hybridized carbons (Fsp3) is 0.0769. The van der Waals surface area contributed by atoms with Crippen molar-refractivity contribution in [2.45, 2.75) is 0 Å². The zero-order valence-electron chi connectivity index (χ0n) is 8.41. The molecule has 0 saturated carbocycles. The molecule has 0 bridgehead atoms. The van der Waals surface area contributed by atoms with E-state index in [2.05, 4.69) is 28.1 Å². The second kappa shape index (κ2) is 4.49. The molecule has 0 radical (unpaired) electrons. The van der Waals surface area contributed by atoms with Crippen LogP contribution in [-0.2, 0) is 0 Å². The maximum atomic E-state index is 5.35. The average Bonchev–Trinajstić information content (AvgIpc) is 2.29. The van der Waals surface area contributed by atoms with E-state index in [1.807, 2.05) is 36.4 Å². The van der Waals surface area contributed by atoms with Gasteiger partial charge in [-0.3, -0.25) is 0 Å². The van der Waals surface area contributed by atoms with Crippen LogP contribution >= 0.6 is 15.9 Å². The van der Waals surface area contributed by atoms with Gasteiger partial charge < -0.3 is 4.74 Å². The van der Waals surface area contributed by atoms with Crippen molar-refractivity contribution in [3.05, 3.63) is 53.0 Å². The Balaban J connectivity index is 2.61. The van der Waals surface area contributed by atoms with E-state index in [1.54, 1.807) is 7.11 Å². The van der Waals surface area contributed by atoms with Gasteiger partial charge >= 0.3 is 0 Å². The second-order valence-corrected chi connectivity index (χ2v) is 4.04. The molecule has 0 atom stereocenters. The number of rotatable bonds is 2. The molecule has 2 rings (SSSR count). The molecule has 1 nitrogen and oxygen atoms in total. The molecule has 0 saturated heterocycles. The number of ether oxygens (including phenoxy) is 1. The Bertz CT molecular complexity index is 451. The Morgan fingerprint density at radius 2 is 1.67 bits per heavy atom. The van der Waals surface area contributed by atoms with Gasteiger partial charge in [0.05, 0.1) is 7.11 Å². The van der Waals surface area contributed by atoms with Crippen molar-refractivity contribution in [3.8, 4) is 16.9 Å². The minimum absolute atomic E-state index is 0.885. The molecule has 0 aliphatic carbocycles. The van der Waals surface area contributed by atoms with Crippen LogP contribution in [0.25, 0.3) is 11.1 Å². The molecule has 0 fully saturated rings. The Hall–Kier alpha value is -1.28. The Morgan fingerprint density at radius 1 is 0.933 bits per heavy atom. The van der Waals surface area contributed by atoms with Crippen LogP contribution in [0, 0.1) is 0 Å². The third-order valence-electron chi connectivity index (χ3n) is 2.26. The minimum Gasteiger partial charge on any atom is -0.496 e. The van der Waals surface area contributed by atoms with Gasteiger partial charge in [0.2, 0.25) is 0 Å². The summed E-state index contributed by atoms with van der Waals surface area (Å²) < 4.78 is 6.40. The molecule has 0 amide bonds. The van der Waals surface area contributed by atoms with E-state index in [-0.39, 0.29) is 0 Å². The normalized spacial score (nSPS) is 10.0.